The summed E-state index contributed by atoms with van der Waals surface area (Å²) in [5.74, 6) is -0.841. The summed E-state index contributed by atoms with van der Waals surface area (Å²) < 4.78 is 7.08. The second kappa shape index (κ2) is 7.68. The minimum Gasteiger partial charge on any atom is -0.449 e. The zero-order valence-electron chi connectivity index (χ0n) is 15.5. The van der Waals surface area contributed by atoms with E-state index in [0.29, 0.717) is 11.3 Å². The van der Waals surface area contributed by atoms with Crippen molar-refractivity contribution in [2.75, 3.05) is 0 Å². The van der Waals surface area contributed by atoms with Gasteiger partial charge in [-0.2, -0.15) is 5.10 Å². The Bertz CT molecular complexity index is 979. The maximum atomic E-state index is 12.8. The van der Waals surface area contributed by atoms with Gasteiger partial charge in [-0.05, 0) is 31.9 Å². The van der Waals surface area contributed by atoms with Crippen LogP contribution < -0.4 is 5.32 Å². The number of amides is 1. The first-order valence-corrected chi connectivity index (χ1v) is 9.33. The molecule has 1 atom stereocenters. The molecule has 6 heteroatoms. The molecule has 1 fully saturated rings. The molecular weight excluding hydrogens is 354 g/mol. The van der Waals surface area contributed by atoms with Gasteiger partial charge in [0, 0.05) is 17.8 Å². The second-order valence-corrected chi connectivity index (χ2v) is 6.87. The number of esters is 1. The summed E-state index contributed by atoms with van der Waals surface area (Å²) in [6.07, 6.45) is 2.74. The predicted octanol–water partition coefficient (Wildman–Crippen LogP) is 3.36. The van der Waals surface area contributed by atoms with E-state index in [0.717, 1.165) is 24.1 Å². The topological polar surface area (TPSA) is 73.2 Å². The van der Waals surface area contributed by atoms with E-state index < -0.39 is 12.1 Å². The highest BCUT2D eigenvalue weighted by Gasteiger charge is 2.28. The Kier molecular flexibility index (Phi) is 4.93. The fourth-order valence-electron chi connectivity index (χ4n) is 2.87. The molecule has 4 rings (SSSR count). The van der Waals surface area contributed by atoms with Gasteiger partial charge in [-0.15, -0.1) is 0 Å². The number of hydrogen-bond donors (Lipinski definition) is 1. The van der Waals surface area contributed by atoms with Gasteiger partial charge in [0.05, 0.1) is 5.69 Å². The summed E-state index contributed by atoms with van der Waals surface area (Å²) in [6, 6.07) is 19.2. The first-order chi connectivity index (χ1) is 13.6. The largest absolute Gasteiger partial charge is 0.449 e. The van der Waals surface area contributed by atoms with E-state index in [9.17, 15) is 9.59 Å². The average molecular weight is 375 g/mol. The van der Waals surface area contributed by atoms with Crippen molar-refractivity contribution in [3.63, 3.8) is 0 Å². The van der Waals surface area contributed by atoms with Crippen LogP contribution in [-0.4, -0.2) is 33.8 Å². The van der Waals surface area contributed by atoms with Crippen LogP contribution in [0, 0.1) is 0 Å². The Morgan fingerprint density at radius 3 is 2.36 bits per heavy atom. The standard InChI is InChI=1S/C22H21N3O3/c1-15(21(26)23-17-12-13-17)28-22(27)19-14-25(18-10-6-3-7-11-18)24-20(19)16-8-4-2-5-9-16/h2-11,14-15,17H,12-13H2,1H3,(H,23,26)/t15-/m0/s1. The molecule has 0 aliphatic heterocycles. The van der Waals surface area contributed by atoms with Crippen molar-refractivity contribution in [2.24, 2.45) is 0 Å². The maximum Gasteiger partial charge on any atom is 0.342 e. The second-order valence-electron chi connectivity index (χ2n) is 6.87. The Balaban J connectivity index is 1.63. The molecule has 142 valence electrons. The van der Waals surface area contributed by atoms with E-state index in [4.69, 9.17) is 4.74 Å². The highest BCUT2D eigenvalue weighted by atomic mass is 16.5. The van der Waals surface area contributed by atoms with Crippen LogP contribution in [0.2, 0.25) is 0 Å². The monoisotopic (exact) mass is 375 g/mol. The van der Waals surface area contributed by atoms with Crippen molar-refractivity contribution < 1.29 is 14.3 Å². The molecule has 6 nitrogen and oxygen atoms in total. The van der Waals surface area contributed by atoms with Crippen molar-refractivity contribution in [3.05, 3.63) is 72.4 Å². The minimum atomic E-state index is -0.864. The van der Waals surface area contributed by atoms with Crippen molar-refractivity contribution in [3.8, 4) is 16.9 Å². The van der Waals surface area contributed by atoms with Gasteiger partial charge in [-0.25, -0.2) is 9.48 Å². The lowest BCUT2D eigenvalue weighted by Crippen LogP contribution is -2.37. The molecule has 2 aromatic carbocycles. The van der Waals surface area contributed by atoms with Crippen LogP contribution in [0.15, 0.2) is 66.9 Å². The van der Waals surface area contributed by atoms with Gasteiger partial charge in [-0.1, -0.05) is 48.5 Å². The molecule has 1 amide bonds. The van der Waals surface area contributed by atoms with E-state index in [-0.39, 0.29) is 11.9 Å². The minimum absolute atomic E-state index is 0.217. The van der Waals surface area contributed by atoms with Gasteiger partial charge >= 0.3 is 5.97 Å². The van der Waals surface area contributed by atoms with Crippen LogP contribution in [0.25, 0.3) is 16.9 Å². The first kappa shape index (κ1) is 18.0. The van der Waals surface area contributed by atoms with Crippen LogP contribution in [0.4, 0.5) is 0 Å². The third-order valence-electron chi connectivity index (χ3n) is 4.58. The molecule has 1 heterocycles. The van der Waals surface area contributed by atoms with Crippen molar-refractivity contribution in [1.82, 2.24) is 15.1 Å². The van der Waals surface area contributed by atoms with Crippen LogP contribution in [0.3, 0.4) is 0 Å². The summed E-state index contributed by atoms with van der Waals surface area (Å²) in [5, 5.41) is 7.45. The molecule has 1 saturated carbocycles. The normalized spacial score (nSPS) is 14.3. The first-order valence-electron chi connectivity index (χ1n) is 9.33. The lowest BCUT2D eigenvalue weighted by atomic mass is 10.1. The molecule has 1 aromatic heterocycles. The maximum absolute atomic E-state index is 12.8. The van der Waals surface area contributed by atoms with Crippen LogP contribution >= 0.6 is 0 Å². The number of ether oxygens (including phenoxy) is 1. The number of aromatic nitrogens is 2. The molecule has 0 saturated heterocycles. The van der Waals surface area contributed by atoms with Gasteiger partial charge in [0.1, 0.15) is 11.3 Å². The lowest BCUT2D eigenvalue weighted by Gasteiger charge is -2.13. The molecule has 28 heavy (non-hydrogen) atoms. The number of rotatable bonds is 6. The summed E-state index contributed by atoms with van der Waals surface area (Å²) in [5.41, 5.74) is 2.47. The zero-order chi connectivity index (χ0) is 19.5. The highest BCUT2D eigenvalue weighted by molar-refractivity contribution is 5.97. The molecular formula is C22H21N3O3. The van der Waals surface area contributed by atoms with Crippen molar-refractivity contribution in [2.45, 2.75) is 31.9 Å². The summed E-state index contributed by atoms with van der Waals surface area (Å²) in [7, 11) is 0. The quantitative estimate of drug-likeness (QED) is 0.671. The van der Waals surface area contributed by atoms with E-state index >= 15 is 0 Å². The molecule has 1 aliphatic rings. The van der Waals surface area contributed by atoms with Crippen molar-refractivity contribution >= 4 is 11.9 Å². The fraction of sp³-hybridized carbons (Fsp3) is 0.227. The van der Waals surface area contributed by atoms with Crippen LogP contribution in [-0.2, 0) is 9.53 Å². The highest BCUT2D eigenvalue weighted by Crippen LogP contribution is 2.25. The third kappa shape index (κ3) is 3.96. The van der Waals surface area contributed by atoms with Crippen molar-refractivity contribution in [1.29, 1.82) is 0 Å². The number of nitrogens with one attached hydrogen (secondary N) is 1. The zero-order valence-corrected chi connectivity index (χ0v) is 15.5. The molecule has 0 spiro atoms. The number of hydrogen-bond acceptors (Lipinski definition) is 4. The smallest absolute Gasteiger partial charge is 0.342 e. The Morgan fingerprint density at radius 2 is 1.71 bits per heavy atom. The van der Waals surface area contributed by atoms with E-state index in [2.05, 4.69) is 10.4 Å². The van der Waals surface area contributed by atoms with E-state index in [1.165, 1.54) is 0 Å². The number of nitrogens with zero attached hydrogens (tertiary/aromatic N) is 2. The lowest BCUT2D eigenvalue weighted by molar-refractivity contribution is -0.129. The number of benzene rings is 2. The summed E-state index contributed by atoms with van der Waals surface area (Å²) >= 11 is 0. The van der Waals surface area contributed by atoms with E-state index in [1.807, 2.05) is 60.7 Å². The SMILES string of the molecule is C[C@H](OC(=O)c1cn(-c2ccccc2)nc1-c1ccccc1)C(=O)NC1CC1. The molecule has 1 aliphatic carbocycles. The number of carbonyl (C=O) groups excluding carboxylic acids is 2. The fourth-order valence-corrected chi connectivity index (χ4v) is 2.87. The molecule has 0 radical (unpaired) electrons. The molecule has 1 N–H and O–H groups in total. The molecule has 3 aromatic rings. The third-order valence-corrected chi connectivity index (χ3v) is 4.58. The van der Waals surface area contributed by atoms with Gasteiger partial charge in [0.15, 0.2) is 6.10 Å². The Labute approximate surface area is 163 Å². The average Bonchev–Trinajstić information content (AvgIpc) is 3.42. The summed E-state index contributed by atoms with van der Waals surface area (Å²) in [4.78, 5) is 25.0. The predicted molar refractivity (Wildman–Crippen MR) is 105 cm³/mol. The molecule has 0 bridgehead atoms. The van der Waals surface area contributed by atoms with E-state index in [1.54, 1.807) is 17.8 Å². The number of para-hydroxylation sites is 1. The van der Waals surface area contributed by atoms with Gasteiger partial charge in [0.25, 0.3) is 5.91 Å². The Hall–Kier alpha value is -3.41. The van der Waals surface area contributed by atoms with Gasteiger partial charge in [0.2, 0.25) is 0 Å². The summed E-state index contributed by atoms with van der Waals surface area (Å²) in [6.45, 7) is 1.58. The van der Waals surface area contributed by atoms with Crippen LogP contribution in [0.5, 0.6) is 0 Å². The van der Waals surface area contributed by atoms with Gasteiger partial charge < -0.3 is 10.1 Å². The Morgan fingerprint density at radius 1 is 1.07 bits per heavy atom. The van der Waals surface area contributed by atoms with Gasteiger partial charge in [-0.3, -0.25) is 4.79 Å². The number of carbonyl (C=O) groups is 2. The molecule has 0 unspecified atom stereocenters. The van der Waals surface area contributed by atoms with Crippen LogP contribution in [0.1, 0.15) is 30.1 Å².